The van der Waals surface area contributed by atoms with E-state index in [0.717, 1.165) is 33.6 Å². The lowest BCUT2D eigenvalue weighted by Crippen LogP contribution is -2.19. The number of nitrogens with zero attached hydrogens (tertiary/aromatic N) is 2. The van der Waals surface area contributed by atoms with Crippen LogP contribution < -0.4 is 5.73 Å². The van der Waals surface area contributed by atoms with Crippen LogP contribution in [0.5, 0.6) is 0 Å². The van der Waals surface area contributed by atoms with Crippen LogP contribution in [0.2, 0.25) is 0 Å². The van der Waals surface area contributed by atoms with Crippen molar-refractivity contribution >= 4 is 39.2 Å². The summed E-state index contributed by atoms with van der Waals surface area (Å²) in [6, 6.07) is 9.65. The fourth-order valence-corrected chi connectivity index (χ4v) is 5.55. The Morgan fingerprint density at radius 1 is 1.17 bits per heavy atom. The zero-order valence-corrected chi connectivity index (χ0v) is 14.7. The molecule has 0 fully saturated rings. The molecule has 3 aromatic rings. The Labute approximate surface area is 148 Å². The summed E-state index contributed by atoms with van der Waals surface area (Å²) in [7, 11) is 0. The van der Waals surface area contributed by atoms with Gasteiger partial charge >= 0.3 is 0 Å². The van der Waals surface area contributed by atoms with Crippen LogP contribution in [0.1, 0.15) is 34.1 Å². The van der Waals surface area contributed by atoms with Crippen LogP contribution in [-0.4, -0.2) is 15.9 Å². The number of carbonyl (C=O) groups is 1. The fourth-order valence-electron chi connectivity index (χ4n) is 3.18. The van der Waals surface area contributed by atoms with E-state index >= 15 is 0 Å². The van der Waals surface area contributed by atoms with Crippen LogP contribution in [0.4, 0.5) is 0 Å². The van der Waals surface area contributed by atoms with Crippen LogP contribution in [-0.2, 0) is 17.6 Å². The minimum absolute atomic E-state index is 0.345. The molecule has 24 heavy (non-hydrogen) atoms. The van der Waals surface area contributed by atoms with Gasteiger partial charge in [0.2, 0.25) is 5.91 Å². The van der Waals surface area contributed by atoms with E-state index < -0.39 is 5.25 Å². The molecular weight excluding hydrogens is 338 g/mol. The van der Waals surface area contributed by atoms with Crippen molar-refractivity contribution in [1.29, 1.82) is 0 Å². The van der Waals surface area contributed by atoms with Gasteiger partial charge in [-0.1, -0.05) is 42.1 Å². The molecule has 1 aliphatic carbocycles. The van der Waals surface area contributed by atoms with Gasteiger partial charge in [-0.25, -0.2) is 9.97 Å². The molecule has 4 nitrogen and oxygen atoms in total. The van der Waals surface area contributed by atoms with Gasteiger partial charge in [0.1, 0.15) is 21.4 Å². The summed E-state index contributed by atoms with van der Waals surface area (Å²) in [4.78, 5) is 23.4. The Balaban J connectivity index is 1.78. The first-order valence-electron chi connectivity index (χ1n) is 8.00. The van der Waals surface area contributed by atoms with Gasteiger partial charge in [-0.15, -0.1) is 11.3 Å². The van der Waals surface area contributed by atoms with Gasteiger partial charge in [0.15, 0.2) is 0 Å². The maximum atomic E-state index is 12.0. The first-order valence-corrected chi connectivity index (χ1v) is 9.70. The molecule has 0 radical (unpaired) electrons. The molecule has 0 spiro atoms. The number of hydrogen-bond donors (Lipinski definition) is 1. The highest BCUT2D eigenvalue weighted by atomic mass is 32.2. The van der Waals surface area contributed by atoms with Crippen LogP contribution in [0.3, 0.4) is 0 Å². The van der Waals surface area contributed by atoms with Gasteiger partial charge in [0, 0.05) is 10.3 Å². The van der Waals surface area contributed by atoms with Gasteiger partial charge in [0.25, 0.3) is 0 Å². The first-order chi connectivity index (χ1) is 11.7. The van der Waals surface area contributed by atoms with E-state index in [2.05, 4.69) is 9.97 Å². The second-order valence-corrected chi connectivity index (χ2v) is 8.06. The summed E-state index contributed by atoms with van der Waals surface area (Å²) >= 11 is 3.20. The van der Waals surface area contributed by atoms with Crippen molar-refractivity contribution in [2.45, 2.75) is 36.0 Å². The molecule has 1 atom stereocenters. The Hall–Kier alpha value is -1.92. The van der Waals surface area contributed by atoms with Gasteiger partial charge in [-0.3, -0.25) is 4.79 Å². The topological polar surface area (TPSA) is 68.9 Å². The summed E-state index contributed by atoms with van der Waals surface area (Å²) in [6.45, 7) is 0. The number of aryl methyl sites for hydroxylation is 2. The van der Waals surface area contributed by atoms with Crippen molar-refractivity contribution in [2.75, 3.05) is 0 Å². The normalized spacial score (nSPS) is 15.2. The highest BCUT2D eigenvalue weighted by Crippen LogP contribution is 2.43. The summed E-state index contributed by atoms with van der Waals surface area (Å²) in [5.41, 5.74) is 7.96. The molecule has 1 unspecified atom stereocenters. The predicted octanol–water partition coefficient (Wildman–Crippen LogP) is 3.89. The number of fused-ring (bicyclic) bond motifs is 3. The van der Waals surface area contributed by atoms with Crippen LogP contribution in [0.25, 0.3) is 10.2 Å². The second kappa shape index (κ2) is 6.53. The first kappa shape index (κ1) is 15.6. The fraction of sp³-hybridized carbons (Fsp3) is 0.278. The molecule has 0 saturated heterocycles. The van der Waals surface area contributed by atoms with Crippen molar-refractivity contribution in [3.05, 3.63) is 52.7 Å². The number of hydrogen-bond acceptors (Lipinski definition) is 5. The summed E-state index contributed by atoms with van der Waals surface area (Å²) in [5.74, 6) is -0.345. The molecule has 0 saturated carbocycles. The smallest absolute Gasteiger partial charge is 0.235 e. The largest absolute Gasteiger partial charge is 0.368 e. The quantitative estimate of drug-likeness (QED) is 0.569. The number of aromatic nitrogens is 2. The number of carbonyl (C=O) groups excluding carboxylic acids is 1. The maximum absolute atomic E-state index is 12.0. The molecule has 122 valence electrons. The number of primary amides is 1. The third-order valence-corrected chi connectivity index (χ3v) is 6.78. The lowest BCUT2D eigenvalue weighted by Gasteiger charge is -2.15. The van der Waals surface area contributed by atoms with Crippen LogP contribution >= 0.6 is 23.1 Å². The van der Waals surface area contributed by atoms with Crippen LogP contribution in [0, 0.1) is 0 Å². The van der Waals surface area contributed by atoms with E-state index in [4.69, 9.17) is 5.73 Å². The number of thioether (sulfide) groups is 1. The van der Waals surface area contributed by atoms with E-state index in [0.29, 0.717) is 0 Å². The molecule has 2 N–H and O–H groups in total. The van der Waals surface area contributed by atoms with E-state index in [1.807, 2.05) is 30.3 Å². The lowest BCUT2D eigenvalue weighted by atomic mass is 9.97. The van der Waals surface area contributed by atoms with Gasteiger partial charge in [-0.2, -0.15) is 0 Å². The average Bonchev–Trinajstić information content (AvgIpc) is 2.99. The molecule has 2 heterocycles. The molecule has 0 bridgehead atoms. The van der Waals surface area contributed by atoms with Crippen LogP contribution in [0.15, 0.2) is 41.7 Å². The van der Waals surface area contributed by atoms with Gasteiger partial charge in [-0.05, 0) is 36.8 Å². The molecule has 0 aliphatic heterocycles. The standard InChI is InChI=1S/C18H17N3OS2/c19-16(22)15(11-6-2-1-3-7-11)24-18-14-12-8-4-5-9-13(12)23-17(14)20-10-21-18/h1-3,6-7,10,15H,4-5,8-9H2,(H2,19,22). The lowest BCUT2D eigenvalue weighted by molar-refractivity contribution is -0.117. The zero-order valence-electron chi connectivity index (χ0n) is 13.1. The van der Waals surface area contributed by atoms with E-state index in [-0.39, 0.29) is 5.91 Å². The van der Waals surface area contributed by atoms with E-state index in [1.165, 1.54) is 35.0 Å². The summed E-state index contributed by atoms with van der Waals surface area (Å²) in [6.07, 6.45) is 6.23. The molecule has 1 aromatic carbocycles. The third kappa shape index (κ3) is 2.80. The van der Waals surface area contributed by atoms with E-state index in [1.54, 1.807) is 17.7 Å². The minimum atomic E-state index is -0.441. The Kier molecular flexibility index (Phi) is 4.24. The number of benzene rings is 1. The van der Waals surface area contributed by atoms with Crippen molar-refractivity contribution < 1.29 is 4.79 Å². The summed E-state index contributed by atoms with van der Waals surface area (Å²) < 4.78 is 0. The van der Waals surface area contributed by atoms with Crippen molar-refractivity contribution in [3.63, 3.8) is 0 Å². The molecule has 2 aromatic heterocycles. The number of rotatable bonds is 4. The monoisotopic (exact) mass is 355 g/mol. The Morgan fingerprint density at radius 2 is 1.96 bits per heavy atom. The summed E-state index contributed by atoms with van der Waals surface area (Å²) in [5, 5.41) is 1.56. The SMILES string of the molecule is NC(=O)C(Sc1ncnc2sc3c(c12)CCCC3)c1ccccc1. The minimum Gasteiger partial charge on any atom is -0.368 e. The molecular formula is C18H17N3OS2. The predicted molar refractivity (Wildman–Crippen MR) is 98.3 cm³/mol. The molecule has 1 aliphatic rings. The average molecular weight is 355 g/mol. The number of thiophene rings is 1. The van der Waals surface area contributed by atoms with Crippen molar-refractivity contribution in [2.24, 2.45) is 5.73 Å². The van der Waals surface area contributed by atoms with Crippen molar-refractivity contribution in [3.8, 4) is 0 Å². The highest BCUT2D eigenvalue weighted by molar-refractivity contribution is 8.00. The van der Waals surface area contributed by atoms with Crippen molar-refractivity contribution in [1.82, 2.24) is 9.97 Å². The second-order valence-electron chi connectivity index (χ2n) is 5.88. The number of amides is 1. The highest BCUT2D eigenvalue weighted by Gasteiger charge is 2.25. The zero-order chi connectivity index (χ0) is 16.5. The number of nitrogens with two attached hydrogens (primary N) is 1. The third-order valence-electron chi connectivity index (χ3n) is 4.31. The molecule has 4 rings (SSSR count). The van der Waals surface area contributed by atoms with Gasteiger partial charge < -0.3 is 5.73 Å². The van der Waals surface area contributed by atoms with Gasteiger partial charge in [0.05, 0.1) is 0 Å². The maximum Gasteiger partial charge on any atom is 0.235 e. The molecule has 6 heteroatoms. The van der Waals surface area contributed by atoms with E-state index in [9.17, 15) is 4.79 Å². The Bertz CT molecular complexity index is 892. The Morgan fingerprint density at radius 3 is 2.75 bits per heavy atom. The molecule has 1 amide bonds.